The third-order valence-corrected chi connectivity index (χ3v) is 8.16. The Labute approximate surface area is 262 Å². The van der Waals surface area contributed by atoms with Crippen LogP contribution in [-0.4, -0.2) is 59.1 Å². The van der Waals surface area contributed by atoms with Gasteiger partial charge in [0.25, 0.3) is 5.91 Å². The number of aromatic nitrogens is 4. The maximum absolute atomic E-state index is 13.1. The van der Waals surface area contributed by atoms with Crippen LogP contribution in [0.5, 0.6) is 0 Å². The smallest absolute Gasteiger partial charge is 0.417 e. The average Bonchev–Trinajstić information content (AvgIpc) is 3.64. The number of carbonyl (C=O) groups is 2. The molecule has 0 radical (unpaired) electrons. The monoisotopic (exact) mass is 658 g/mol. The second kappa shape index (κ2) is 13.5. The van der Waals surface area contributed by atoms with Crippen LogP contribution in [0, 0.1) is 6.92 Å². The van der Waals surface area contributed by atoms with Crippen molar-refractivity contribution < 1.29 is 40.8 Å². The van der Waals surface area contributed by atoms with Gasteiger partial charge in [-0.15, -0.1) is 0 Å². The number of carbonyl (C=O) groups excluding carboxylic acids is 2. The molecule has 1 aromatic heterocycles. The van der Waals surface area contributed by atoms with Gasteiger partial charge in [0.15, 0.2) is 21.1 Å². The molecule has 16 heteroatoms. The van der Waals surface area contributed by atoms with Gasteiger partial charge in [-0.1, -0.05) is 70.9 Å². The van der Waals surface area contributed by atoms with Gasteiger partial charge in [-0.2, -0.15) is 13.2 Å². The molecule has 242 valence electrons. The quantitative estimate of drug-likeness (QED) is 0.284. The van der Waals surface area contributed by atoms with E-state index in [9.17, 15) is 31.2 Å². The molecule has 3 aromatic carbocycles. The number of oxime groups is 1. The van der Waals surface area contributed by atoms with Gasteiger partial charge in [-0.25, -0.2) is 17.9 Å². The van der Waals surface area contributed by atoms with Gasteiger partial charge in [0.2, 0.25) is 5.95 Å². The van der Waals surface area contributed by atoms with Crippen molar-refractivity contribution in [1.82, 2.24) is 20.2 Å². The van der Waals surface area contributed by atoms with E-state index in [0.717, 1.165) is 28.8 Å². The minimum Gasteiger partial charge on any atom is -0.461 e. The highest BCUT2D eigenvalue weighted by atomic mass is 32.2. The van der Waals surface area contributed by atoms with Crippen molar-refractivity contribution in [2.75, 3.05) is 18.2 Å². The second-order valence-corrected chi connectivity index (χ2v) is 12.0. The van der Waals surface area contributed by atoms with E-state index in [1.807, 2.05) is 60.7 Å². The molecule has 5 rings (SSSR count). The highest BCUT2D eigenvalue weighted by molar-refractivity contribution is 7.90. The topological polar surface area (TPSA) is 155 Å². The molecular formula is C30H29F3N6O6S. The number of ether oxygens (including phenoxy) is 1. The maximum Gasteiger partial charge on any atom is 0.417 e. The number of benzene rings is 3. The first-order valence-corrected chi connectivity index (χ1v) is 15.6. The van der Waals surface area contributed by atoms with Crippen molar-refractivity contribution in [2.45, 2.75) is 36.9 Å². The standard InChI is InChI=1S/C18H17NO3.C12H12F3N5O3S/c1-2-21-17(20)16-13-18(22-19-16,14-9-5-3-6-10-14)15-11-7-4-8-12-15;1-6-7(10(21)16-11-17-18-19-20(11)2)4-5-8(12(13,14)15)9(6)24(3,22)23/h3-12H,2,13H2,1H3;4-5H,1-3H3,(H,16,17,19,21). The number of amides is 1. The summed E-state index contributed by atoms with van der Waals surface area (Å²) in [4.78, 5) is 29.0. The van der Waals surface area contributed by atoms with Crippen molar-refractivity contribution in [1.29, 1.82) is 0 Å². The summed E-state index contributed by atoms with van der Waals surface area (Å²) in [6, 6.07) is 21.1. The van der Waals surface area contributed by atoms with E-state index >= 15 is 0 Å². The zero-order chi connectivity index (χ0) is 33.7. The van der Waals surface area contributed by atoms with E-state index in [1.54, 1.807) is 6.92 Å². The molecule has 2 heterocycles. The predicted molar refractivity (Wildman–Crippen MR) is 159 cm³/mol. The predicted octanol–water partition coefficient (Wildman–Crippen LogP) is 4.46. The molecule has 0 aliphatic carbocycles. The minimum absolute atomic E-state index is 0.0415. The molecule has 0 atom stereocenters. The summed E-state index contributed by atoms with van der Waals surface area (Å²) in [7, 11) is -2.78. The number of anilines is 1. The zero-order valence-corrected chi connectivity index (χ0v) is 25.9. The van der Waals surface area contributed by atoms with Crippen molar-refractivity contribution in [2.24, 2.45) is 12.2 Å². The van der Waals surface area contributed by atoms with Crippen LogP contribution in [0.2, 0.25) is 0 Å². The van der Waals surface area contributed by atoms with Gasteiger partial charge in [-0.3, -0.25) is 10.1 Å². The summed E-state index contributed by atoms with van der Waals surface area (Å²) in [5.74, 6) is -1.29. The van der Waals surface area contributed by atoms with Gasteiger partial charge < -0.3 is 9.57 Å². The molecule has 0 unspecified atom stereocenters. The number of hydrogen-bond acceptors (Lipinski definition) is 10. The van der Waals surface area contributed by atoms with Gasteiger partial charge in [0.1, 0.15) is 0 Å². The van der Waals surface area contributed by atoms with Gasteiger partial charge in [0, 0.05) is 30.0 Å². The maximum atomic E-state index is 13.1. The fourth-order valence-electron chi connectivity index (χ4n) is 4.79. The van der Waals surface area contributed by atoms with Crippen LogP contribution in [0.1, 0.15) is 46.0 Å². The highest BCUT2D eigenvalue weighted by Gasteiger charge is 2.45. The lowest BCUT2D eigenvalue weighted by atomic mass is 9.82. The average molecular weight is 659 g/mol. The van der Waals surface area contributed by atoms with E-state index < -0.39 is 44.0 Å². The summed E-state index contributed by atoms with van der Waals surface area (Å²) in [6.07, 6.45) is -3.86. The Morgan fingerprint density at radius 1 is 1.02 bits per heavy atom. The van der Waals surface area contributed by atoms with Gasteiger partial charge in [0.05, 0.1) is 23.5 Å². The molecule has 1 N–H and O–H groups in total. The largest absolute Gasteiger partial charge is 0.461 e. The van der Waals surface area contributed by atoms with Crippen molar-refractivity contribution in [3.63, 3.8) is 0 Å². The molecule has 4 aromatic rings. The molecule has 1 aliphatic heterocycles. The Kier molecular flexibility index (Phi) is 9.89. The molecule has 12 nitrogen and oxygen atoms in total. The van der Waals surface area contributed by atoms with Crippen molar-refractivity contribution in [3.05, 3.63) is 101 Å². The molecular weight excluding hydrogens is 629 g/mol. The van der Waals surface area contributed by atoms with Crippen LogP contribution in [0.25, 0.3) is 0 Å². The van der Waals surface area contributed by atoms with Crippen LogP contribution < -0.4 is 5.32 Å². The van der Waals surface area contributed by atoms with Crippen LogP contribution >= 0.6 is 0 Å². The molecule has 46 heavy (non-hydrogen) atoms. The number of nitrogens with zero attached hydrogens (tertiary/aromatic N) is 5. The molecule has 1 aliphatic rings. The SMILES string of the molecule is CCOC(=O)C1=NOC(c2ccccc2)(c2ccccc2)C1.Cc1c(C(=O)Nc2nnnn2C)ccc(C(F)(F)F)c1S(C)(=O)=O. The second-order valence-electron chi connectivity index (χ2n) is 10.1. The fraction of sp³-hybridized carbons (Fsp3) is 0.267. The number of rotatable bonds is 7. The zero-order valence-electron chi connectivity index (χ0n) is 25.1. The molecule has 0 bridgehead atoms. The molecule has 0 saturated heterocycles. The first-order valence-electron chi connectivity index (χ1n) is 13.7. The van der Waals surface area contributed by atoms with E-state index in [2.05, 4.69) is 26.0 Å². The molecule has 0 spiro atoms. The van der Waals surface area contributed by atoms with Crippen LogP contribution in [-0.2, 0) is 43.0 Å². The summed E-state index contributed by atoms with van der Waals surface area (Å²) < 4.78 is 68.9. The van der Waals surface area contributed by atoms with Crippen molar-refractivity contribution in [3.8, 4) is 0 Å². The number of nitrogens with one attached hydrogen (secondary N) is 1. The van der Waals surface area contributed by atoms with Gasteiger partial charge in [-0.05, 0) is 42.0 Å². The lowest BCUT2D eigenvalue weighted by Crippen LogP contribution is -2.29. The number of sulfone groups is 1. The Morgan fingerprint density at radius 2 is 1.61 bits per heavy atom. The summed E-state index contributed by atoms with van der Waals surface area (Å²) in [5, 5.41) is 16.6. The van der Waals surface area contributed by atoms with Crippen molar-refractivity contribution >= 4 is 33.4 Å². The number of hydrogen-bond donors (Lipinski definition) is 1. The first kappa shape index (κ1) is 33.8. The Balaban J connectivity index is 0.000000209. The molecule has 0 fully saturated rings. The Morgan fingerprint density at radius 3 is 2.09 bits per heavy atom. The van der Waals surface area contributed by atoms with Crippen LogP contribution in [0.3, 0.4) is 0 Å². The molecule has 1 amide bonds. The number of alkyl halides is 3. The summed E-state index contributed by atoms with van der Waals surface area (Å²) >= 11 is 0. The van der Waals surface area contributed by atoms with E-state index in [0.29, 0.717) is 31.1 Å². The Hall–Kier alpha value is -5.12. The third kappa shape index (κ3) is 7.22. The Bertz CT molecular complexity index is 1820. The van der Waals surface area contributed by atoms with Gasteiger partial charge >= 0.3 is 12.1 Å². The fourth-order valence-corrected chi connectivity index (χ4v) is 6.04. The normalized spacial score (nSPS) is 13.9. The number of esters is 1. The van der Waals surface area contributed by atoms with E-state index in [1.165, 1.54) is 7.05 Å². The van der Waals surface area contributed by atoms with Crippen LogP contribution in [0.4, 0.5) is 19.1 Å². The summed E-state index contributed by atoms with van der Waals surface area (Å²) in [6.45, 7) is 3.23. The lowest BCUT2D eigenvalue weighted by molar-refractivity contribution is -0.140. The minimum atomic E-state index is -4.87. The summed E-state index contributed by atoms with van der Waals surface area (Å²) in [5.41, 5.74) is -0.390. The van der Waals surface area contributed by atoms with Crippen LogP contribution in [0.15, 0.2) is 82.8 Å². The lowest BCUT2D eigenvalue weighted by Gasteiger charge is -2.27. The number of halogens is 3. The highest BCUT2D eigenvalue weighted by Crippen LogP contribution is 2.41. The molecule has 0 saturated carbocycles. The third-order valence-electron chi connectivity index (χ3n) is 6.89. The van der Waals surface area contributed by atoms with E-state index in [-0.39, 0.29) is 17.1 Å². The first-order chi connectivity index (χ1) is 21.7. The van der Waals surface area contributed by atoms with E-state index in [4.69, 9.17) is 9.57 Å². The number of aryl methyl sites for hydroxylation is 1. The number of tetrazole rings is 1.